The van der Waals surface area contributed by atoms with Gasteiger partial charge in [0.1, 0.15) is 24.6 Å². The van der Waals surface area contributed by atoms with Gasteiger partial charge in [-0.3, -0.25) is 9.59 Å². The molecule has 0 unspecified atom stereocenters. The molecule has 3 aromatic heterocycles. The number of aromatic nitrogens is 5. The van der Waals surface area contributed by atoms with E-state index in [0.29, 0.717) is 5.75 Å². The Kier molecular flexibility index (Phi) is 7.49. The van der Waals surface area contributed by atoms with Crippen molar-refractivity contribution in [1.82, 2.24) is 24.4 Å². The SMILES string of the molecule is CCOC(=O)CC(=O)OC[C@@H]1CCCN1c1cc(C)nc2c(-c3ccc(-n4cccn4)cc3OC)c(C)nn12. The lowest BCUT2D eigenvalue weighted by atomic mass is 10.0. The number of anilines is 1. The fourth-order valence-electron chi connectivity index (χ4n) is 5.08. The summed E-state index contributed by atoms with van der Waals surface area (Å²) in [5.41, 5.74) is 5.04. The molecule has 0 amide bonds. The van der Waals surface area contributed by atoms with Gasteiger partial charge >= 0.3 is 11.9 Å². The third kappa shape index (κ3) is 5.29. The molecular formula is C28H32N6O5. The van der Waals surface area contributed by atoms with Gasteiger partial charge in [0.2, 0.25) is 0 Å². The van der Waals surface area contributed by atoms with Crippen molar-refractivity contribution >= 4 is 23.4 Å². The van der Waals surface area contributed by atoms with Crippen LogP contribution < -0.4 is 9.64 Å². The molecule has 0 aliphatic carbocycles. The zero-order valence-corrected chi connectivity index (χ0v) is 22.6. The Labute approximate surface area is 226 Å². The maximum atomic E-state index is 12.2. The normalized spacial score (nSPS) is 15.1. The van der Waals surface area contributed by atoms with Crippen molar-refractivity contribution < 1.29 is 23.8 Å². The highest BCUT2D eigenvalue weighted by Crippen LogP contribution is 2.38. The lowest BCUT2D eigenvalue weighted by Gasteiger charge is -2.27. The minimum absolute atomic E-state index is 0.0445. The van der Waals surface area contributed by atoms with Crippen molar-refractivity contribution in [2.45, 2.75) is 46.1 Å². The van der Waals surface area contributed by atoms with Crippen LogP contribution in [0.4, 0.5) is 5.82 Å². The standard InChI is InChI=1S/C28H32N6O5/c1-5-38-25(35)16-26(36)39-17-21-8-6-12-32(21)24-14-18(2)30-28-27(19(3)31-34(24)28)22-10-9-20(15-23(22)37-4)33-13-7-11-29-33/h7,9-11,13-15,21H,5-6,8,12,16-17H2,1-4H3/t21-/m0/s1. The van der Waals surface area contributed by atoms with E-state index in [0.717, 1.165) is 59.1 Å². The summed E-state index contributed by atoms with van der Waals surface area (Å²) >= 11 is 0. The average Bonchev–Trinajstić information content (AvgIpc) is 3.67. The van der Waals surface area contributed by atoms with Crippen LogP contribution in [0.1, 0.15) is 37.6 Å². The first-order valence-corrected chi connectivity index (χ1v) is 13.0. The predicted octanol–water partition coefficient (Wildman–Crippen LogP) is 3.67. The monoisotopic (exact) mass is 532 g/mol. The van der Waals surface area contributed by atoms with Gasteiger partial charge in [-0.1, -0.05) is 0 Å². The molecule has 204 valence electrons. The van der Waals surface area contributed by atoms with Crippen LogP contribution in [0, 0.1) is 13.8 Å². The molecule has 1 saturated heterocycles. The Morgan fingerprint density at radius 3 is 2.69 bits per heavy atom. The Morgan fingerprint density at radius 1 is 1.13 bits per heavy atom. The van der Waals surface area contributed by atoms with E-state index < -0.39 is 11.9 Å². The molecule has 11 nitrogen and oxygen atoms in total. The molecule has 1 aromatic carbocycles. The first-order valence-electron chi connectivity index (χ1n) is 13.0. The molecule has 1 aliphatic rings. The number of nitrogens with zero attached hydrogens (tertiary/aromatic N) is 6. The van der Waals surface area contributed by atoms with Gasteiger partial charge in [-0.15, -0.1) is 0 Å². The number of fused-ring (bicyclic) bond motifs is 1. The summed E-state index contributed by atoms with van der Waals surface area (Å²) in [5, 5.41) is 9.20. The number of hydrogen-bond donors (Lipinski definition) is 0. The Morgan fingerprint density at radius 2 is 1.95 bits per heavy atom. The van der Waals surface area contributed by atoms with Crippen molar-refractivity contribution in [3.05, 3.63) is 54.1 Å². The zero-order chi connectivity index (χ0) is 27.5. The molecule has 1 atom stereocenters. The first kappa shape index (κ1) is 26.2. The summed E-state index contributed by atoms with van der Waals surface area (Å²) in [6.45, 7) is 6.81. The van der Waals surface area contributed by atoms with Crippen LogP contribution in [-0.2, 0) is 19.1 Å². The number of ether oxygens (including phenoxy) is 3. The predicted molar refractivity (Wildman–Crippen MR) is 144 cm³/mol. The minimum Gasteiger partial charge on any atom is -0.496 e. The number of carbonyl (C=O) groups excluding carboxylic acids is 2. The average molecular weight is 533 g/mol. The zero-order valence-electron chi connectivity index (χ0n) is 22.6. The third-order valence-electron chi connectivity index (χ3n) is 6.80. The van der Waals surface area contributed by atoms with Gasteiger partial charge in [-0.2, -0.15) is 14.7 Å². The molecule has 4 aromatic rings. The fraction of sp³-hybridized carbons (Fsp3) is 0.393. The first-order chi connectivity index (χ1) is 18.9. The maximum Gasteiger partial charge on any atom is 0.317 e. The Balaban J connectivity index is 1.47. The summed E-state index contributed by atoms with van der Waals surface area (Å²) in [6, 6.07) is 9.77. The largest absolute Gasteiger partial charge is 0.496 e. The molecule has 1 fully saturated rings. The van der Waals surface area contributed by atoms with E-state index in [9.17, 15) is 9.59 Å². The summed E-state index contributed by atoms with van der Waals surface area (Å²) in [4.78, 5) is 30.9. The minimum atomic E-state index is -0.584. The molecule has 11 heteroatoms. The second-order valence-corrected chi connectivity index (χ2v) is 9.44. The highest BCUT2D eigenvalue weighted by Gasteiger charge is 2.30. The summed E-state index contributed by atoms with van der Waals surface area (Å²) in [5.74, 6) is 0.408. The van der Waals surface area contributed by atoms with Gasteiger partial charge in [0.15, 0.2) is 5.65 Å². The highest BCUT2D eigenvalue weighted by atomic mass is 16.6. The number of esters is 2. The van der Waals surface area contributed by atoms with E-state index >= 15 is 0 Å². The molecule has 0 bridgehead atoms. The van der Waals surface area contributed by atoms with Gasteiger partial charge < -0.3 is 19.1 Å². The van der Waals surface area contributed by atoms with Crippen LogP contribution in [0.15, 0.2) is 42.7 Å². The van der Waals surface area contributed by atoms with E-state index in [4.69, 9.17) is 24.3 Å². The number of aryl methyl sites for hydroxylation is 2. The van der Waals surface area contributed by atoms with Crippen LogP contribution in [0.2, 0.25) is 0 Å². The molecule has 1 aliphatic heterocycles. The van der Waals surface area contributed by atoms with E-state index in [1.807, 2.05) is 54.9 Å². The van der Waals surface area contributed by atoms with Crippen LogP contribution in [-0.4, -0.2) is 69.2 Å². The van der Waals surface area contributed by atoms with Gasteiger partial charge in [0.05, 0.1) is 36.7 Å². The van der Waals surface area contributed by atoms with E-state index in [1.165, 1.54) is 0 Å². The van der Waals surface area contributed by atoms with Crippen LogP contribution in [0.25, 0.3) is 22.5 Å². The quantitative estimate of drug-likeness (QED) is 0.235. The smallest absolute Gasteiger partial charge is 0.317 e. The molecule has 39 heavy (non-hydrogen) atoms. The molecule has 4 heterocycles. The summed E-state index contributed by atoms with van der Waals surface area (Å²) < 4.78 is 19.7. The number of benzene rings is 1. The van der Waals surface area contributed by atoms with Crippen molar-refractivity contribution in [3.63, 3.8) is 0 Å². The lowest BCUT2D eigenvalue weighted by molar-refractivity contribution is -0.154. The number of rotatable bonds is 9. The highest BCUT2D eigenvalue weighted by molar-refractivity contribution is 5.91. The second-order valence-electron chi connectivity index (χ2n) is 9.44. The van der Waals surface area contributed by atoms with E-state index in [2.05, 4.69) is 10.00 Å². The van der Waals surface area contributed by atoms with Crippen molar-refractivity contribution in [3.8, 4) is 22.6 Å². The Hall–Kier alpha value is -4.41. The van der Waals surface area contributed by atoms with Crippen LogP contribution in [0.5, 0.6) is 5.75 Å². The topological polar surface area (TPSA) is 113 Å². The summed E-state index contributed by atoms with van der Waals surface area (Å²) in [6.07, 6.45) is 5.02. The molecular weight excluding hydrogens is 500 g/mol. The van der Waals surface area contributed by atoms with Gasteiger partial charge in [-0.25, -0.2) is 9.67 Å². The van der Waals surface area contributed by atoms with Gasteiger partial charge in [-0.05, 0) is 51.8 Å². The third-order valence-corrected chi connectivity index (χ3v) is 6.80. The second kappa shape index (κ2) is 11.1. The number of methoxy groups -OCH3 is 1. The lowest BCUT2D eigenvalue weighted by Crippen LogP contribution is -2.35. The van der Waals surface area contributed by atoms with Crippen LogP contribution >= 0.6 is 0 Å². The van der Waals surface area contributed by atoms with Crippen molar-refractivity contribution in [1.29, 1.82) is 0 Å². The molecule has 0 radical (unpaired) electrons. The fourth-order valence-corrected chi connectivity index (χ4v) is 5.08. The molecule has 5 rings (SSSR count). The molecule has 0 spiro atoms. The Bertz CT molecular complexity index is 1500. The number of hydrogen-bond acceptors (Lipinski definition) is 9. The van der Waals surface area contributed by atoms with Gasteiger partial charge in [0.25, 0.3) is 0 Å². The van der Waals surface area contributed by atoms with E-state index in [-0.39, 0.29) is 25.7 Å². The van der Waals surface area contributed by atoms with Gasteiger partial charge in [0, 0.05) is 42.3 Å². The number of carbonyl (C=O) groups is 2. The maximum absolute atomic E-state index is 12.2. The summed E-state index contributed by atoms with van der Waals surface area (Å²) in [7, 11) is 1.65. The molecule has 0 saturated carbocycles. The van der Waals surface area contributed by atoms with Crippen molar-refractivity contribution in [2.24, 2.45) is 0 Å². The van der Waals surface area contributed by atoms with Crippen molar-refractivity contribution in [2.75, 3.05) is 31.8 Å². The van der Waals surface area contributed by atoms with Crippen LogP contribution in [0.3, 0.4) is 0 Å². The van der Waals surface area contributed by atoms with E-state index in [1.54, 1.807) is 24.9 Å². The molecule has 0 N–H and O–H groups in total.